The topological polar surface area (TPSA) is 20.2 Å². The van der Waals surface area contributed by atoms with Gasteiger partial charge in [0, 0.05) is 0 Å². The average Bonchev–Trinajstić information content (AvgIpc) is 3.04. The number of fused-ring (bicyclic) bond motifs is 5. The van der Waals surface area contributed by atoms with Crippen molar-refractivity contribution in [1.29, 1.82) is 0 Å². The van der Waals surface area contributed by atoms with E-state index in [2.05, 4.69) is 46.4 Å². The molecule has 29 heavy (non-hydrogen) atoms. The summed E-state index contributed by atoms with van der Waals surface area (Å²) in [5, 5.41) is 10.2. The predicted octanol–water partition coefficient (Wildman–Crippen LogP) is 7.55. The zero-order chi connectivity index (χ0) is 20.8. The minimum Gasteiger partial charge on any atom is -0.393 e. The SMILES string of the molecule is C=CCC(C)CCC(C)C1CCC2C3CC=C4CC(O)CCC4(C)C3CCC12C. The summed E-state index contributed by atoms with van der Waals surface area (Å²) in [5.41, 5.74) is 2.56. The molecule has 0 bridgehead atoms. The minimum atomic E-state index is -0.0834. The van der Waals surface area contributed by atoms with Crippen LogP contribution in [0.4, 0.5) is 0 Å². The largest absolute Gasteiger partial charge is 0.393 e. The molecule has 4 aliphatic carbocycles. The molecule has 3 saturated carbocycles. The van der Waals surface area contributed by atoms with Gasteiger partial charge in [0.15, 0.2) is 0 Å². The molecule has 0 radical (unpaired) electrons. The van der Waals surface area contributed by atoms with Gasteiger partial charge in [-0.2, -0.15) is 0 Å². The Kier molecular flexibility index (Phi) is 6.11. The number of aliphatic hydroxyl groups is 1. The smallest absolute Gasteiger partial charge is 0.0577 e. The first-order valence-electron chi connectivity index (χ1n) is 12.8. The first-order valence-corrected chi connectivity index (χ1v) is 12.8. The molecule has 1 N–H and O–H groups in total. The summed E-state index contributed by atoms with van der Waals surface area (Å²) < 4.78 is 0. The standard InChI is InChI=1S/C28H46O/c1-6-7-19(2)8-9-20(3)24-12-13-25-23-11-10-21-18-22(29)14-16-27(21,4)26(23)15-17-28(24,25)5/h6,10,19-20,22-26,29H,1,7-9,11-18H2,2-5H3. The maximum Gasteiger partial charge on any atom is 0.0577 e. The summed E-state index contributed by atoms with van der Waals surface area (Å²) in [7, 11) is 0. The summed E-state index contributed by atoms with van der Waals surface area (Å²) in [5.74, 6) is 5.28. The van der Waals surface area contributed by atoms with Crippen molar-refractivity contribution in [3.05, 3.63) is 24.3 Å². The fraction of sp³-hybridized carbons (Fsp3) is 0.857. The highest BCUT2D eigenvalue weighted by atomic mass is 16.3. The molecule has 0 saturated heterocycles. The van der Waals surface area contributed by atoms with Crippen LogP contribution in [-0.4, -0.2) is 11.2 Å². The van der Waals surface area contributed by atoms with Crippen LogP contribution in [0.5, 0.6) is 0 Å². The summed E-state index contributed by atoms with van der Waals surface area (Å²) in [4.78, 5) is 0. The lowest BCUT2D eigenvalue weighted by Gasteiger charge is -2.58. The van der Waals surface area contributed by atoms with E-state index in [0.29, 0.717) is 10.8 Å². The van der Waals surface area contributed by atoms with Crippen LogP contribution in [0.1, 0.15) is 98.3 Å². The fourth-order valence-corrected chi connectivity index (χ4v) is 8.77. The van der Waals surface area contributed by atoms with E-state index in [4.69, 9.17) is 0 Å². The normalized spacial score (nSPS) is 46.1. The number of allylic oxidation sites excluding steroid dienone is 2. The molecule has 1 nitrogen and oxygen atoms in total. The predicted molar refractivity (Wildman–Crippen MR) is 124 cm³/mol. The zero-order valence-electron chi connectivity index (χ0n) is 19.6. The van der Waals surface area contributed by atoms with E-state index in [1.165, 1.54) is 57.8 Å². The van der Waals surface area contributed by atoms with Gasteiger partial charge >= 0.3 is 0 Å². The molecule has 9 unspecified atom stereocenters. The van der Waals surface area contributed by atoms with E-state index in [-0.39, 0.29) is 6.10 Å². The lowest BCUT2D eigenvalue weighted by molar-refractivity contribution is -0.0574. The van der Waals surface area contributed by atoms with Gasteiger partial charge in [0.05, 0.1) is 6.10 Å². The van der Waals surface area contributed by atoms with Crippen molar-refractivity contribution >= 4 is 0 Å². The van der Waals surface area contributed by atoms with Crippen molar-refractivity contribution in [2.75, 3.05) is 0 Å². The van der Waals surface area contributed by atoms with Crippen LogP contribution in [0.25, 0.3) is 0 Å². The van der Waals surface area contributed by atoms with E-state index >= 15 is 0 Å². The molecule has 164 valence electrons. The zero-order valence-corrected chi connectivity index (χ0v) is 19.6. The van der Waals surface area contributed by atoms with Gasteiger partial charge in [0.1, 0.15) is 0 Å². The van der Waals surface area contributed by atoms with Gasteiger partial charge in [-0.05, 0) is 104 Å². The van der Waals surface area contributed by atoms with Crippen LogP contribution in [0.15, 0.2) is 24.3 Å². The third-order valence-corrected chi connectivity index (χ3v) is 10.5. The molecule has 0 aromatic rings. The van der Waals surface area contributed by atoms with Gasteiger partial charge in [-0.15, -0.1) is 6.58 Å². The van der Waals surface area contributed by atoms with Gasteiger partial charge in [0.2, 0.25) is 0 Å². The molecular formula is C28H46O. The highest BCUT2D eigenvalue weighted by Crippen LogP contribution is 2.67. The lowest BCUT2D eigenvalue weighted by Crippen LogP contribution is -2.50. The highest BCUT2D eigenvalue weighted by Gasteiger charge is 2.59. The highest BCUT2D eigenvalue weighted by molar-refractivity contribution is 5.25. The van der Waals surface area contributed by atoms with E-state index in [0.717, 1.165) is 48.3 Å². The Labute approximate surface area is 180 Å². The Bertz CT molecular complexity index is 634. The first-order chi connectivity index (χ1) is 13.8. The molecule has 0 aromatic heterocycles. The molecule has 0 spiro atoms. The molecule has 3 fully saturated rings. The second kappa shape index (κ2) is 8.18. The number of hydrogen-bond acceptors (Lipinski definition) is 1. The van der Waals surface area contributed by atoms with Crippen molar-refractivity contribution in [1.82, 2.24) is 0 Å². The third kappa shape index (κ3) is 3.68. The Morgan fingerprint density at radius 2 is 1.90 bits per heavy atom. The second-order valence-electron chi connectivity index (χ2n) is 12.1. The second-order valence-corrected chi connectivity index (χ2v) is 12.1. The summed E-state index contributed by atoms with van der Waals surface area (Å²) >= 11 is 0. The van der Waals surface area contributed by atoms with Crippen LogP contribution in [-0.2, 0) is 0 Å². The monoisotopic (exact) mass is 398 g/mol. The van der Waals surface area contributed by atoms with Gasteiger partial charge < -0.3 is 5.11 Å². The van der Waals surface area contributed by atoms with Crippen LogP contribution in [0.2, 0.25) is 0 Å². The molecule has 0 heterocycles. The molecule has 0 aliphatic heterocycles. The maximum atomic E-state index is 10.2. The average molecular weight is 399 g/mol. The van der Waals surface area contributed by atoms with E-state index in [1.54, 1.807) is 5.57 Å². The van der Waals surface area contributed by atoms with Crippen molar-refractivity contribution in [3.8, 4) is 0 Å². The minimum absolute atomic E-state index is 0.0834. The van der Waals surface area contributed by atoms with Crippen LogP contribution in [0.3, 0.4) is 0 Å². The van der Waals surface area contributed by atoms with Crippen LogP contribution < -0.4 is 0 Å². The van der Waals surface area contributed by atoms with Gasteiger partial charge in [-0.25, -0.2) is 0 Å². The summed E-state index contributed by atoms with van der Waals surface area (Å²) in [6.45, 7) is 14.1. The summed E-state index contributed by atoms with van der Waals surface area (Å²) in [6.07, 6.45) is 18.8. The molecule has 0 aromatic carbocycles. The van der Waals surface area contributed by atoms with Crippen LogP contribution >= 0.6 is 0 Å². The Morgan fingerprint density at radius 1 is 1.10 bits per heavy atom. The molecule has 4 aliphatic rings. The molecule has 0 amide bonds. The quantitative estimate of drug-likeness (QED) is 0.458. The lowest BCUT2D eigenvalue weighted by atomic mass is 9.47. The fourth-order valence-electron chi connectivity index (χ4n) is 8.77. The van der Waals surface area contributed by atoms with Gasteiger partial charge in [0.25, 0.3) is 0 Å². The van der Waals surface area contributed by atoms with Crippen molar-refractivity contribution < 1.29 is 5.11 Å². The Morgan fingerprint density at radius 3 is 2.66 bits per heavy atom. The van der Waals surface area contributed by atoms with Gasteiger partial charge in [-0.3, -0.25) is 0 Å². The van der Waals surface area contributed by atoms with E-state index in [1.807, 2.05) is 0 Å². The van der Waals surface area contributed by atoms with E-state index in [9.17, 15) is 5.11 Å². The van der Waals surface area contributed by atoms with Crippen LogP contribution in [0, 0.1) is 46.3 Å². The summed E-state index contributed by atoms with van der Waals surface area (Å²) in [6, 6.07) is 0. The molecular weight excluding hydrogens is 352 g/mol. The van der Waals surface area contributed by atoms with Crippen molar-refractivity contribution in [2.24, 2.45) is 46.3 Å². The van der Waals surface area contributed by atoms with Crippen molar-refractivity contribution in [3.63, 3.8) is 0 Å². The molecule has 9 atom stereocenters. The van der Waals surface area contributed by atoms with E-state index < -0.39 is 0 Å². The number of hydrogen-bond donors (Lipinski definition) is 1. The first kappa shape index (κ1) is 21.7. The number of rotatable bonds is 6. The Balaban J connectivity index is 1.48. The number of aliphatic hydroxyl groups excluding tert-OH is 1. The van der Waals surface area contributed by atoms with Gasteiger partial charge in [-0.1, -0.05) is 58.3 Å². The molecule has 1 heteroatoms. The maximum absolute atomic E-state index is 10.2. The molecule has 4 rings (SSSR count). The Hall–Kier alpha value is -0.560. The third-order valence-electron chi connectivity index (χ3n) is 10.5. The van der Waals surface area contributed by atoms with Crippen molar-refractivity contribution in [2.45, 2.75) is 104 Å².